The highest BCUT2D eigenvalue weighted by atomic mass is 35.5. The van der Waals surface area contributed by atoms with E-state index in [0.29, 0.717) is 28.9 Å². The van der Waals surface area contributed by atoms with Crippen LogP contribution in [0, 0.1) is 5.92 Å². The Bertz CT molecular complexity index is 426. The Balaban J connectivity index is 2.67. The van der Waals surface area contributed by atoms with Crippen LogP contribution >= 0.6 is 35.0 Å². The first-order chi connectivity index (χ1) is 9.12. The van der Waals surface area contributed by atoms with Gasteiger partial charge in [-0.2, -0.15) is 0 Å². The van der Waals surface area contributed by atoms with E-state index in [0.717, 1.165) is 17.7 Å². The Kier molecular flexibility index (Phi) is 7.66. The highest BCUT2D eigenvalue weighted by Crippen LogP contribution is 2.23. The highest BCUT2D eigenvalue weighted by molar-refractivity contribution is 7.98. The van der Waals surface area contributed by atoms with Gasteiger partial charge in [0, 0.05) is 17.3 Å². The van der Waals surface area contributed by atoms with E-state index in [9.17, 15) is 4.79 Å². The minimum absolute atomic E-state index is 0.117. The molecular formula is C14H19Cl2NOS. The number of hydrogen-bond acceptors (Lipinski definition) is 2. The summed E-state index contributed by atoms with van der Waals surface area (Å²) in [6, 6.07) is 5.50. The zero-order valence-corrected chi connectivity index (χ0v) is 13.5. The SMILES string of the molecule is CCC(CCCl)CNC(=O)c1cc(SC)ccc1Cl. The van der Waals surface area contributed by atoms with Crippen molar-refractivity contribution < 1.29 is 4.79 Å². The molecule has 2 nitrogen and oxygen atoms in total. The number of nitrogens with one attached hydrogen (secondary N) is 1. The van der Waals surface area contributed by atoms with Crippen LogP contribution in [-0.2, 0) is 0 Å². The van der Waals surface area contributed by atoms with Crippen LogP contribution in [0.25, 0.3) is 0 Å². The number of carbonyl (C=O) groups excluding carboxylic acids is 1. The van der Waals surface area contributed by atoms with E-state index in [1.807, 2.05) is 18.4 Å². The first kappa shape index (κ1) is 16.7. The third kappa shape index (κ3) is 5.25. The molecule has 1 N–H and O–H groups in total. The monoisotopic (exact) mass is 319 g/mol. The molecule has 0 bridgehead atoms. The lowest BCUT2D eigenvalue weighted by molar-refractivity contribution is 0.0946. The summed E-state index contributed by atoms with van der Waals surface area (Å²) in [6.45, 7) is 2.74. The second kappa shape index (κ2) is 8.72. The number of halogens is 2. The Labute approximate surface area is 129 Å². The molecule has 106 valence electrons. The summed E-state index contributed by atoms with van der Waals surface area (Å²) in [5, 5.41) is 3.42. The minimum Gasteiger partial charge on any atom is -0.352 e. The van der Waals surface area contributed by atoms with Crippen molar-refractivity contribution in [2.45, 2.75) is 24.7 Å². The molecule has 1 atom stereocenters. The Morgan fingerprint density at radius 1 is 1.47 bits per heavy atom. The molecule has 0 saturated heterocycles. The molecule has 5 heteroatoms. The number of benzene rings is 1. The smallest absolute Gasteiger partial charge is 0.252 e. The summed E-state index contributed by atoms with van der Waals surface area (Å²) in [4.78, 5) is 13.2. The zero-order valence-electron chi connectivity index (χ0n) is 11.2. The molecule has 1 aromatic carbocycles. The lowest BCUT2D eigenvalue weighted by atomic mass is 10.0. The van der Waals surface area contributed by atoms with E-state index in [1.54, 1.807) is 17.8 Å². The first-order valence-electron chi connectivity index (χ1n) is 6.30. The van der Waals surface area contributed by atoms with Gasteiger partial charge >= 0.3 is 0 Å². The maximum atomic E-state index is 12.1. The summed E-state index contributed by atoms with van der Waals surface area (Å²) >= 11 is 13.4. The van der Waals surface area contributed by atoms with Gasteiger partial charge in [-0.25, -0.2) is 0 Å². The van der Waals surface area contributed by atoms with Crippen molar-refractivity contribution in [3.8, 4) is 0 Å². The first-order valence-corrected chi connectivity index (χ1v) is 8.43. The fourth-order valence-corrected chi connectivity index (χ4v) is 2.69. The third-order valence-corrected chi connectivity index (χ3v) is 4.34. The van der Waals surface area contributed by atoms with Gasteiger partial charge in [-0.15, -0.1) is 23.4 Å². The zero-order chi connectivity index (χ0) is 14.3. The van der Waals surface area contributed by atoms with Gasteiger partial charge in [-0.05, 0) is 36.8 Å². The predicted molar refractivity (Wildman–Crippen MR) is 84.7 cm³/mol. The molecule has 1 rings (SSSR count). The Hall–Kier alpha value is -0.380. The largest absolute Gasteiger partial charge is 0.352 e. The second-order valence-corrected chi connectivity index (χ2v) is 5.97. The average molecular weight is 320 g/mol. The summed E-state index contributed by atoms with van der Waals surface area (Å²) < 4.78 is 0. The Morgan fingerprint density at radius 3 is 2.79 bits per heavy atom. The average Bonchev–Trinajstić information content (AvgIpc) is 2.43. The number of alkyl halides is 1. The number of thioether (sulfide) groups is 1. The molecule has 1 aromatic rings. The molecule has 1 amide bonds. The fourth-order valence-electron chi connectivity index (χ4n) is 1.74. The maximum Gasteiger partial charge on any atom is 0.252 e. The molecule has 0 spiro atoms. The number of carbonyl (C=O) groups is 1. The van der Waals surface area contributed by atoms with Gasteiger partial charge in [0.15, 0.2) is 0 Å². The maximum absolute atomic E-state index is 12.1. The number of rotatable bonds is 7. The quantitative estimate of drug-likeness (QED) is 0.594. The molecule has 0 saturated carbocycles. The van der Waals surface area contributed by atoms with Crippen molar-refractivity contribution in [3.63, 3.8) is 0 Å². The van der Waals surface area contributed by atoms with Gasteiger partial charge in [0.05, 0.1) is 10.6 Å². The van der Waals surface area contributed by atoms with E-state index >= 15 is 0 Å². The van der Waals surface area contributed by atoms with Crippen LogP contribution in [0.1, 0.15) is 30.1 Å². The van der Waals surface area contributed by atoms with Crippen molar-refractivity contribution in [2.24, 2.45) is 5.92 Å². The van der Waals surface area contributed by atoms with E-state index in [4.69, 9.17) is 23.2 Å². The highest BCUT2D eigenvalue weighted by Gasteiger charge is 2.13. The summed E-state index contributed by atoms with van der Waals surface area (Å²) in [6.07, 6.45) is 3.89. The van der Waals surface area contributed by atoms with Crippen molar-refractivity contribution >= 4 is 40.9 Å². The minimum atomic E-state index is -0.117. The number of hydrogen-bond donors (Lipinski definition) is 1. The van der Waals surface area contributed by atoms with Crippen LogP contribution in [0.5, 0.6) is 0 Å². The molecule has 0 aromatic heterocycles. The van der Waals surface area contributed by atoms with Crippen molar-refractivity contribution in [3.05, 3.63) is 28.8 Å². The van der Waals surface area contributed by atoms with Crippen molar-refractivity contribution in [1.82, 2.24) is 5.32 Å². The van der Waals surface area contributed by atoms with Crippen LogP contribution in [0.15, 0.2) is 23.1 Å². The van der Waals surface area contributed by atoms with Gasteiger partial charge in [0.1, 0.15) is 0 Å². The molecule has 0 aliphatic heterocycles. The van der Waals surface area contributed by atoms with Gasteiger partial charge < -0.3 is 5.32 Å². The summed E-state index contributed by atoms with van der Waals surface area (Å²) in [5.41, 5.74) is 0.536. The van der Waals surface area contributed by atoms with Crippen LogP contribution in [0.3, 0.4) is 0 Å². The molecule has 0 radical (unpaired) electrons. The van der Waals surface area contributed by atoms with Crippen LogP contribution in [-0.4, -0.2) is 24.6 Å². The van der Waals surface area contributed by atoms with Gasteiger partial charge in [-0.3, -0.25) is 4.79 Å². The molecule has 0 fully saturated rings. The van der Waals surface area contributed by atoms with Gasteiger partial charge in [0.2, 0.25) is 0 Å². The summed E-state index contributed by atoms with van der Waals surface area (Å²) in [5.74, 6) is 0.926. The van der Waals surface area contributed by atoms with E-state index in [1.165, 1.54) is 0 Å². The molecule has 0 aliphatic carbocycles. The second-order valence-electron chi connectivity index (χ2n) is 4.31. The molecule has 19 heavy (non-hydrogen) atoms. The number of amides is 1. The lowest BCUT2D eigenvalue weighted by Gasteiger charge is -2.15. The molecular weight excluding hydrogens is 301 g/mol. The fraction of sp³-hybridized carbons (Fsp3) is 0.500. The predicted octanol–water partition coefficient (Wildman–Crippen LogP) is 4.45. The van der Waals surface area contributed by atoms with Gasteiger partial charge in [-0.1, -0.05) is 24.9 Å². The molecule has 1 unspecified atom stereocenters. The van der Waals surface area contributed by atoms with Crippen LogP contribution in [0.4, 0.5) is 0 Å². The van der Waals surface area contributed by atoms with Crippen molar-refractivity contribution in [2.75, 3.05) is 18.7 Å². The van der Waals surface area contributed by atoms with Crippen LogP contribution in [0.2, 0.25) is 5.02 Å². The van der Waals surface area contributed by atoms with E-state index < -0.39 is 0 Å². The molecule has 0 heterocycles. The normalized spacial score (nSPS) is 12.2. The topological polar surface area (TPSA) is 29.1 Å². The van der Waals surface area contributed by atoms with Gasteiger partial charge in [0.25, 0.3) is 5.91 Å². The van der Waals surface area contributed by atoms with Crippen LogP contribution < -0.4 is 5.32 Å². The summed E-state index contributed by atoms with van der Waals surface area (Å²) in [7, 11) is 0. The standard InChI is InChI=1S/C14H19Cl2NOS/c1-3-10(6-7-15)9-17-14(18)12-8-11(19-2)4-5-13(12)16/h4-5,8,10H,3,6-7,9H2,1-2H3,(H,17,18). The van der Waals surface area contributed by atoms with E-state index in [2.05, 4.69) is 12.2 Å². The van der Waals surface area contributed by atoms with Crippen molar-refractivity contribution in [1.29, 1.82) is 0 Å². The Morgan fingerprint density at radius 2 is 2.21 bits per heavy atom. The van der Waals surface area contributed by atoms with E-state index in [-0.39, 0.29) is 5.91 Å². The lowest BCUT2D eigenvalue weighted by Crippen LogP contribution is -2.29. The third-order valence-electron chi connectivity index (χ3n) is 3.06. The molecule has 0 aliphatic rings.